The van der Waals surface area contributed by atoms with Gasteiger partial charge in [0.25, 0.3) is 5.91 Å². The number of fused-ring (bicyclic) bond motifs is 1. The van der Waals surface area contributed by atoms with Gasteiger partial charge < -0.3 is 19.5 Å². The summed E-state index contributed by atoms with van der Waals surface area (Å²) in [5.41, 5.74) is 1.43. The third kappa shape index (κ3) is 2.71. The summed E-state index contributed by atoms with van der Waals surface area (Å²) in [5, 5.41) is 9.53. The van der Waals surface area contributed by atoms with Crippen LogP contribution in [0.2, 0.25) is 0 Å². The molecule has 0 atom stereocenters. The van der Waals surface area contributed by atoms with Gasteiger partial charge in [0.15, 0.2) is 11.5 Å². The largest absolute Gasteiger partial charge is 0.454 e. The maximum absolute atomic E-state index is 12.3. The molecule has 3 heterocycles. The first kappa shape index (κ1) is 15.0. The quantitative estimate of drug-likeness (QED) is 0.890. The molecular weight excluding hydrogens is 310 g/mol. The van der Waals surface area contributed by atoms with Crippen molar-refractivity contribution in [3.63, 3.8) is 0 Å². The first-order valence-electron chi connectivity index (χ1n) is 8.02. The van der Waals surface area contributed by atoms with E-state index in [1.807, 2.05) is 12.1 Å². The summed E-state index contributed by atoms with van der Waals surface area (Å²) >= 11 is 0. The SMILES string of the molecule is O=C(NCC1(c2ccc3c(c2)OCO3)CCOCC1)c1ccn[nH]1. The van der Waals surface area contributed by atoms with Gasteiger partial charge in [0, 0.05) is 31.4 Å². The topological polar surface area (TPSA) is 85.5 Å². The number of hydrogen-bond donors (Lipinski definition) is 2. The molecule has 2 N–H and O–H groups in total. The molecule has 2 aliphatic rings. The summed E-state index contributed by atoms with van der Waals surface area (Å²) in [5.74, 6) is 1.37. The van der Waals surface area contributed by atoms with E-state index in [4.69, 9.17) is 14.2 Å². The van der Waals surface area contributed by atoms with E-state index >= 15 is 0 Å². The van der Waals surface area contributed by atoms with E-state index in [2.05, 4.69) is 21.6 Å². The Morgan fingerprint density at radius 1 is 1.21 bits per heavy atom. The monoisotopic (exact) mass is 329 g/mol. The molecule has 1 fully saturated rings. The number of benzene rings is 1. The molecule has 7 heteroatoms. The van der Waals surface area contributed by atoms with Crippen LogP contribution in [0, 0.1) is 0 Å². The molecule has 7 nitrogen and oxygen atoms in total. The Morgan fingerprint density at radius 3 is 2.83 bits per heavy atom. The van der Waals surface area contributed by atoms with Crippen molar-refractivity contribution >= 4 is 5.91 Å². The lowest BCUT2D eigenvalue weighted by Crippen LogP contribution is -2.44. The zero-order valence-electron chi connectivity index (χ0n) is 13.2. The predicted octanol–water partition coefficient (Wildman–Crippen LogP) is 1.62. The van der Waals surface area contributed by atoms with E-state index in [1.165, 1.54) is 0 Å². The fraction of sp³-hybridized carbons (Fsp3) is 0.412. The number of carbonyl (C=O) groups excluding carboxylic acids is 1. The summed E-state index contributed by atoms with van der Waals surface area (Å²) in [6, 6.07) is 7.68. The molecule has 0 radical (unpaired) electrons. The number of nitrogens with one attached hydrogen (secondary N) is 2. The minimum absolute atomic E-state index is 0.154. The predicted molar refractivity (Wildman–Crippen MR) is 85.2 cm³/mol. The van der Waals surface area contributed by atoms with Crippen molar-refractivity contribution in [2.75, 3.05) is 26.6 Å². The number of rotatable bonds is 4. The average Bonchev–Trinajstić information content (AvgIpc) is 3.31. The molecule has 0 unspecified atom stereocenters. The Bertz CT molecular complexity index is 723. The van der Waals surface area contributed by atoms with Gasteiger partial charge in [-0.3, -0.25) is 9.89 Å². The van der Waals surface area contributed by atoms with Crippen LogP contribution in [0.15, 0.2) is 30.5 Å². The van der Waals surface area contributed by atoms with Gasteiger partial charge in [-0.25, -0.2) is 0 Å². The van der Waals surface area contributed by atoms with Gasteiger partial charge in [-0.15, -0.1) is 0 Å². The molecular formula is C17H19N3O4. The van der Waals surface area contributed by atoms with Crippen LogP contribution in [0.25, 0.3) is 0 Å². The second-order valence-corrected chi connectivity index (χ2v) is 6.11. The number of hydrogen-bond acceptors (Lipinski definition) is 5. The number of amides is 1. The van der Waals surface area contributed by atoms with E-state index in [1.54, 1.807) is 12.3 Å². The molecule has 1 aromatic carbocycles. The number of carbonyl (C=O) groups is 1. The maximum Gasteiger partial charge on any atom is 0.269 e. The smallest absolute Gasteiger partial charge is 0.269 e. The Kier molecular flexibility index (Phi) is 3.86. The van der Waals surface area contributed by atoms with Crippen molar-refractivity contribution in [3.8, 4) is 11.5 Å². The zero-order valence-corrected chi connectivity index (χ0v) is 13.2. The van der Waals surface area contributed by atoms with Gasteiger partial charge in [0.05, 0.1) is 0 Å². The molecule has 2 aliphatic heterocycles. The van der Waals surface area contributed by atoms with Crippen LogP contribution in [0.1, 0.15) is 28.9 Å². The fourth-order valence-electron chi connectivity index (χ4n) is 3.28. The Hall–Kier alpha value is -2.54. The number of aromatic nitrogens is 2. The van der Waals surface area contributed by atoms with Crippen molar-refractivity contribution < 1.29 is 19.0 Å². The summed E-state index contributed by atoms with van der Waals surface area (Å²) in [7, 11) is 0. The highest BCUT2D eigenvalue weighted by Crippen LogP contribution is 2.40. The molecule has 1 aromatic heterocycles. The van der Waals surface area contributed by atoms with Gasteiger partial charge in [0.1, 0.15) is 5.69 Å². The third-order valence-corrected chi connectivity index (χ3v) is 4.77. The second-order valence-electron chi connectivity index (χ2n) is 6.11. The van der Waals surface area contributed by atoms with Crippen molar-refractivity contribution in [1.29, 1.82) is 0 Å². The van der Waals surface area contributed by atoms with Gasteiger partial charge in [0.2, 0.25) is 6.79 Å². The molecule has 2 aromatic rings. The lowest BCUT2D eigenvalue weighted by atomic mass is 9.74. The van der Waals surface area contributed by atoms with E-state index < -0.39 is 0 Å². The highest BCUT2D eigenvalue weighted by molar-refractivity contribution is 5.92. The van der Waals surface area contributed by atoms with Crippen LogP contribution in [-0.4, -0.2) is 42.7 Å². The second kappa shape index (κ2) is 6.16. The van der Waals surface area contributed by atoms with Crippen LogP contribution < -0.4 is 14.8 Å². The summed E-state index contributed by atoms with van der Waals surface area (Å²) < 4.78 is 16.4. The van der Waals surface area contributed by atoms with E-state index in [-0.39, 0.29) is 18.1 Å². The first-order valence-corrected chi connectivity index (χ1v) is 8.02. The third-order valence-electron chi connectivity index (χ3n) is 4.77. The number of nitrogens with zero attached hydrogens (tertiary/aromatic N) is 1. The van der Waals surface area contributed by atoms with Gasteiger partial charge in [-0.2, -0.15) is 5.10 Å². The standard InChI is InChI=1S/C17H19N3O4/c21-16(13-3-6-19-20-13)18-10-17(4-7-22-8-5-17)12-1-2-14-15(9-12)24-11-23-14/h1-3,6,9H,4-5,7-8,10-11H2,(H,18,21)(H,19,20). The first-order chi connectivity index (χ1) is 11.8. The Morgan fingerprint density at radius 2 is 2.04 bits per heavy atom. The van der Waals surface area contributed by atoms with Crippen LogP contribution >= 0.6 is 0 Å². The highest BCUT2D eigenvalue weighted by atomic mass is 16.7. The van der Waals surface area contributed by atoms with Gasteiger partial charge in [-0.1, -0.05) is 6.07 Å². The van der Waals surface area contributed by atoms with E-state index in [0.29, 0.717) is 25.5 Å². The van der Waals surface area contributed by atoms with Crippen molar-refractivity contribution in [3.05, 3.63) is 41.7 Å². The number of H-pyrrole nitrogens is 1. The molecule has 0 spiro atoms. The normalized spacial score (nSPS) is 18.3. The fourth-order valence-corrected chi connectivity index (χ4v) is 3.28. The lowest BCUT2D eigenvalue weighted by molar-refractivity contribution is 0.0486. The van der Waals surface area contributed by atoms with E-state index in [9.17, 15) is 4.79 Å². The minimum atomic E-state index is -0.172. The zero-order chi connectivity index (χ0) is 16.4. The Labute approximate surface area is 139 Å². The summed E-state index contributed by atoms with van der Waals surface area (Å²) in [6.07, 6.45) is 3.25. The van der Waals surface area contributed by atoms with Crippen LogP contribution in [-0.2, 0) is 10.2 Å². The number of ether oxygens (including phenoxy) is 3. The number of aromatic amines is 1. The van der Waals surface area contributed by atoms with Crippen molar-refractivity contribution in [1.82, 2.24) is 15.5 Å². The van der Waals surface area contributed by atoms with Crippen molar-refractivity contribution in [2.24, 2.45) is 0 Å². The van der Waals surface area contributed by atoms with Crippen molar-refractivity contribution in [2.45, 2.75) is 18.3 Å². The summed E-state index contributed by atoms with van der Waals surface area (Å²) in [4.78, 5) is 12.3. The molecule has 0 bridgehead atoms. The van der Waals surface area contributed by atoms with E-state index in [0.717, 1.165) is 29.9 Å². The lowest BCUT2D eigenvalue weighted by Gasteiger charge is -2.38. The summed E-state index contributed by atoms with van der Waals surface area (Å²) in [6.45, 7) is 2.14. The molecule has 1 saturated heterocycles. The van der Waals surface area contributed by atoms with Gasteiger partial charge in [-0.05, 0) is 36.6 Å². The van der Waals surface area contributed by atoms with Crippen LogP contribution in [0.3, 0.4) is 0 Å². The Balaban J connectivity index is 1.57. The molecule has 126 valence electrons. The molecule has 24 heavy (non-hydrogen) atoms. The minimum Gasteiger partial charge on any atom is -0.454 e. The molecule has 0 saturated carbocycles. The average molecular weight is 329 g/mol. The molecule has 0 aliphatic carbocycles. The van der Waals surface area contributed by atoms with Crippen LogP contribution in [0.4, 0.5) is 0 Å². The highest BCUT2D eigenvalue weighted by Gasteiger charge is 2.36. The van der Waals surface area contributed by atoms with Gasteiger partial charge >= 0.3 is 0 Å². The molecule has 1 amide bonds. The maximum atomic E-state index is 12.3. The molecule has 4 rings (SSSR count). The van der Waals surface area contributed by atoms with Crippen LogP contribution in [0.5, 0.6) is 11.5 Å².